The molecule has 0 saturated heterocycles. The van der Waals surface area contributed by atoms with E-state index in [2.05, 4.69) is 5.32 Å². The van der Waals surface area contributed by atoms with Gasteiger partial charge in [0.05, 0.1) is 12.4 Å². The first kappa shape index (κ1) is 24.5. The maximum Gasteiger partial charge on any atom is 0.407 e. The molecule has 9 heteroatoms. The molecule has 0 radical (unpaired) electrons. The van der Waals surface area contributed by atoms with Crippen molar-refractivity contribution < 1.29 is 26.7 Å². The van der Waals surface area contributed by atoms with Crippen LogP contribution < -0.4 is 5.32 Å². The van der Waals surface area contributed by atoms with Gasteiger partial charge in [-0.1, -0.05) is 23.7 Å². The first-order valence-corrected chi connectivity index (χ1v) is 12.5. The number of sulfone groups is 1. The molecule has 1 N–H and O–H groups in total. The second-order valence-corrected chi connectivity index (χ2v) is 10.8. The summed E-state index contributed by atoms with van der Waals surface area (Å²) >= 11 is 5.90. The highest BCUT2D eigenvalue weighted by atomic mass is 35.5. The smallest absolute Gasteiger partial charge is 0.407 e. The van der Waals surface area contributed by atoms with Crippen LogP contribution in [-0.4, -0.2) is 27.7 Å². The fourth-order valence-electron chi connectivity index (χ4n) is 4.23. The van der Waals surface area contributed by atoms with Crippen LogP contribution in [0.4, 0.5) is 13.6 Å². The van der Waals surface area contributed by atoms with Crippen LogP contribution in [0.3, 0.4) is 0 Å². The lowest BCUT2D eigenvalue weighted by atomic mass is 9.78. The minimum atomic E-state index is -3.94. The molecule has 3 rings (SSSR count). The quantitative estimate of drug-likeness (QED) is 0.572. The molecule has 1 saturated carbocycles. The molecule has 0 aromatic heterocycles. The van der Waals surface area contributed by atoms with Crippen molar-refractivity contribution in [3.8, 4) is 0 Å². The van der Waals surface area contributed by atoms with Crippen LogP contribution in [0, 0.1) is 17.6 Å². The minimum absolute atomic E-state index is 0.0620. The molecule has 174 valence electrons. The normalized spacial score (nSPS) is 21.2. The second kappa shape index (κ2) is 10.2. The molecular weight excluding hydrogens is 460 g/mol. The maximum atomic E-state index is 14.8. The molecule has 1 amide bonds. The van der Waals surface area contributed by atoms with Crippen LogP contribution in [0.1, 0.15) is 43.7 Å². The van der Waals surface area contributed by atoms with Crippen molar-refractivity contribution in [2.45, 2.75) is 43.1 Å². The van der Waals surface area contributed by atoms with Gasteiger partial charge in [0.2, 0.25) is 0 Å². The van der Waals surface area contributed by atoms with Gasteiger partial charge >= 0.3 is 6.09 Å². The predicted molar refractivity (Wildman–Crippen MR) is 119 cm³/mol. The summed E-state index contributed by atoms with van der Waals surface area (Å²) in [5.41, 5.74) is 0.377. The summed E-state index contributed by atoms with van der Waals surface area (Å²) in [5, 5.41) is 3.02. The van der Waals surface area contributed by atoms with Gasteiger partial charge in [0, 0.05) is 17.1 Å². The summed E-state index contributed by atoms with van der Waals surface area (Å²) in [6.07, 6.45) is 0.472. The molecule has 32 heavy (non-hydrogen) atoms. The van der Waals surface area contributed by atoms with E-state index in [1.807, 2.05) is 0 Å². The maximum absolute atomic E-state index is 14.8. The first-order chi connectivity index (χ1) is 15.2. The number of nitrogens with one attached hydrogen (secondary N) is 1. The van der Waals surface area contributed by atoms with Crippen molar-refractivity contribution in [3.63, 3.8) is 0 Å². The lowest BCUT2D eigenvalue weighted by molar-refractivity contribution is 0.111. The summed E-state index contributed by atoms with van der Waals surface area (Å²) in [6.45, 7) is 2.36. The van der Waals surface area contributed by atoms with E-state index in [1.165, 1.54) is 0 Å². The van der Waals surface area contributed by atoms with E-state index in [-0.39, 0.29) is 36.7 Å². The number of amides is 1. The zero-order valence-corrected chi connectivity index (χ0v) is 19.3. The third kappa shape index (κ3) is 5.41. The Balaban J connectivity index is 1.89. The Labute approximate surface area is 192 Å². The zero-order valence-electron chi connectivity index (χ0n) is 17.7. The third-order valence-electron chi connectivity index (χ3n) is 5.97. The van der Waals surface area contributed by atoms with Crippen molar-refractivity contribution in [1.29, 1.82) is 0 Å². The number of hydrogen-bond donors (Lipinski definition) is 1. The number of alkyl carbamates (subject to hydrolysis) is 1. The molecule has 0 unspecified atom stereocenters. The third-order valence-corrected chi connectivity index (χ3v) is 8.75. The van der Waals surface area contributed by atoms with Crippen LogP contribution in [-0.2, 0) is 25.1 Å². The molecule has 1 aliphatic rings. The van der Waals surface area contributed by atoms with Crippen LogP contribution in [0.25, 0.3) is 0 Å². The molecule has 2 aromatic carbocycles. The SMILES string of the molecule is CCNC(=O)OCC1CCC(c2cc(F)ccc2F)(S(=O)(=O)Cc2ccc(Cl)cc2)CC1. The van der Waals surface area contributed by atoms with E-state index in [0.29, 0.717) is 30.0 Å². The Morgan fingerprint density at radius 1 is 1.16 bits per heavy atom. The highest BCUT2D eigenvalue weighted by Crippen LogP contribution is 2.48. The van der Waals surface area contributed by atoms with E-state index in [0.717, 1.165) is 18.2 Å². The largest absolute Gasteiger partial charge is 0.449 e. The van der Waals surface area contributed by atoms with Gasteiger partial charge in [-0.2, -0.15) is 0 Å². The monoisotopic (exact) mass is 485 g/mol. The van der Waals surface area contributed by atoms with Crippen molar-refractivity contribution in [3.05, 3.63) is 70.2 Å². The molecule has 1 aliphatic carbocycles. The van der Waals surface area contributed by atoms with E-state index in [9.17, 15) is 22.0 Å². The molecule has 0 atom stereocenters. The van der Waals surface area contributed by atoms with Crippen LogP contribution in [0.5, 0.6) is 0 Å². The Kier molecular flexibility index (Phi) is 7.77. The number of carbonyl (C=O) groups is 1. The number of ether oxygens (including phenoxy) is 1. The number of rotatable bonds is 7. The Morgan fingerprint density at radius 2 is 1.81 bits per heavy atom. The van der Waals surface area contributed by atoms with Gasteiger partial charge in [0.15, 0.2) is 9.84 Å². The fraction of sp³-hybridized carbons (Fsp3) is 0.435. The standard InChI is InChI=1S/C23H26ClF2NO4S/c1-2-27-22(28)31-14-16-9-11-23(12-10-16,20-13-19(25)7-8-21(20)26)32(29,30)15-17-3-5-18(24)6-4-17/h3-8,13,16H,2,9-12,14-15H2,1H3,(H,27,28). The predicted octanol–water partition coefficient (Wildman–Crippen LogP) is 5.36. The molecular formula is C23H26ClF2NO4S. The fourth-order valence-corrected chi connectivity index (χ4v) is 6.61. The Morgan fingerprint density at radius 3 is 2.44 bits per heavy atom. The molecule has 0 bridgehead atoms. The van der Waals surface area contributed by atoms with E-state index in [1.54, 1.807) is 31.2 Å². The molecule has 0 aliphatic heterocycles. The minimum Gasteiger partial charge on any atom is -0.449 e. The van der Waals surface area contributed by atoms with Gasteiger partial charge < -0.3 is 10.1 Å². The zero-order chi connectivity index (χ0) is 23.4. The molecule has 5 nitrogen and oxygen atoms in total. The van der Waals surface area contributed by atoms with Gasteiger partial charge in [-0.25, -0.2) is 22.0 Å². The van der Waals surface area contributed by atoms with Gasteiger partial charge in [0.1, 0.15) is 16.4 Å². The summed E-state index contributed by atoms with van der Waals surface area (Å²) in [4.78, 5) is 11.6. The van der Waals surface area contributed by atoms with Crippen LogP contribution in [0.2, 0.25) is 5.02 Å². The Bertz CT molecular complexity index is 1050. The van der Waals surface area contributed by atoms with Crippen molar-refractivity contribution in [2.75, 3.05) is 13.2 Å². The summed E-state index contributed by atoms with van der Waals surface area (Å²) in [7, 11) is -3.94. The van der Waals surface area contributed by atoms with E-state index >= 15 is 0 Å². The summed E-state index contributed by atoms with van der Waals surface area (Å²) in [5.74, 6) is -1.82. The van der Waals surface area contributed by atoms with Crippen LogP contribution in [0.15, 0.2) is 42.5 Å². The van der Waals surface area contributed by atoms with Crippen LogP contribution >= 0.6 is 11.6 Å². The number of carbonyl (C=O) groups excluding carboxylic acids is 1. The summed E-state index contributed by atoms with van der Waals surface area (Å²) < 4.78 is 59.8. The lowest BCUT2D eigenvalue weighted by Gasteiger charge is -2.40. The number of hydrogen-bond acceptors (Lipinski definition) is 4. The molecule has 1 fully saturated rings. The molecule has 0 heterocycles. The van der Waals surface area contributed by atoms with Crippen molar-refractivity contribution >= 4 is 27.5 Å². The number of benzene rings is 2. The average molecular weight is 486 g/mol. The van der Waals surface area contributed by atoms with Gasteiger partial charge in [0.25, 0.3) is 0 Å². The molecule has 2 aromatic rings. The van der Waals surface area contributed by atoms with E-state index in [4.69, 9.17) is 16.3 Å². The first-order valence-electron chi connectivity index (χ1n) is 10.5. The van der Waals surface area contributed by atoms with E-state index < -0.39 is 32.3 Å². The Hall–Kier alpha value is -2.19. The van der Waals surface area contributed by atoms with Crippen molar-refractivity contribution in [1.82, 2.24) is 5.32 Å². The second-order valence-electron chi connectivity index (χ2n) is 8.08. The molecule has 0 spiro atoms. The van der Waals surface area contributed by atoms with Crippen molar-refractivity contribution in [2.24, 2.45) is 5.92 Å². The van der Waals surface area contributed by atoms with Gasteiger partial charge in [-0.15, -0.1) is 0 Å². The van der Waals surface area contributed by atoms with Gasteiger partial charge in [-0.05, 0) is 74.4 Å². The summed E-state index contributed by atoms with van der Waals surface area (Å²) in [6, 6.07) is 9.34. The topological polar surface area (TPSA) is 72.5 Å². The lowest BCUT2D eigenvalue weighted by Crippen LogP contribution is -2.42. The van der Waals surface area contributed by atoms with Gasteiger partial charge in [-0.3, -0.25) is 0 Å². The highest BCUT2D eigenvalue weighted by Gasteiger charge is 2.49. The highest BCUT2D eigenvalue weighted by molar-refractivity contribution is 7.91. The average Bonchev–Trinajstić information content (AvgIpc) is 2.76. The number of halogens is 3.